The number of hydrogen-bond donors (Lipinski definition) is 2. The Labute approximate surface area is 155 Å². The Morgan fingerprint density at radius 2 is 2.15 bits per heavy atom. The van der Waals surface area contributed by atoms with Gasteiger partial charge >= 0.3 is 0 Å². The molecule has 1 aliphatic heterocycles. The standard InChI is InChI=1S/C19H16ClN3O3/c1-26-17-6-5-11(7-16(17)24)14-9-18(25)22-19-15(14)10-21-23(19)13-4-2-3-12(20)8-13/h2-8,10,14,24H,9H2,1H3,(H,22,25)/t14-/m0/s1. The highest BCUT2D eigenvalue weighted by Crippen LogP contribution is 2.40. The summed E-state index contributed by atoms with van der Waals surface area (Å²) in [5.41, 5.74) is 2.47. The normalized spacial score (nSPS) is 16.1. The van der Waals surface area contributed by atoms with Crippen molar-refractivity contribution in [1.82, 2.24) is 9.78 Å². The average molecular weight is 370 g/mol. The van der Waals surface area contributed by atoms with Crippen molar-refractivity contribution in [2.75, 3.05) is 12.4 Å². The Bertz CT molecular complexity index is 999. The van der Waals surface area contributed by atoms with Crippen LogP contribution in [0.15, 0.2) is 48.7 Å². The van der Waals surface area contributed by atoms with Gasteiger partial charge in [-0.15, -0.1) is 0 Å². The summed E-state index contributed by atoms with van der Waals surface area (Å²) in [5, 5.41) is 18.0. The number of rotatable bonds is 3. The van der Waals surface area contributed by atoms with E-state index in [0.717, 1.165) is 16.8 Å². The first-order valence-corrected chi connectivity index (χ1v) is 8.45. The molecule has 4 rings (SSSR count). The zero-order valence-electron chi connectivity index (χ0n) is 13.9. The molecule has 6 nitrogen and oxygen atoms in total. The van der Waals surface area contributed by atoms with E-state index in [0.29, 0.717) is 16.6 Å². The minimum absolute atomic E-state index is 0.0414. The number of nitrogens with one attached hydrogen (secondary N) is 1. The lowest BCUT2D eigenvalue weighted by atomic mass is 9.87. The number of amides is 1. The lowest BCUT2D eigenvalue weighted by molar-refractivity contribution is -0.116. The molecule has 0 unspecified atom stereocenters. The van der Waals surface area contributed by atoms with Crippen molar-refractivity contribution >= 4 is 23.3 Å². The van der Waals surface area contributed by atoms with Gasteiger partial charge in [0.05, 0.1) is 19.0 Å². The summed E-state index contributed by atoms with van der Waals surface area (Å²) in [6.07, 6.45) is 2.02. The zero-order chi connectivity index (χ0) is 18.3. The molecule has 0 bridgehead atoms. The van der Waals surface area contributed by atoms with Crippen LogP contribution in [0.4, 0.5) is 5.82 Å². The molecule has 2 aromatic carbocycles. The molecule has 0 fully saturated rings. The first kappa shape index (κ1) is 16.5. The van der Waals surface area contributed by atoms with Crippen LogP contribution in [0.3, 0.4) is 0 Å². The molecule has 1 atom stereocenters. The first-order valence-electron chi connectivity index (χ1n) is 8.07. The van der Waals surface area contributed by atoms with Gasteiger partial charge in [-0.1, -0.05) is 23.7 Å². The van der Waals surface area contributed by atoms with Crippen LogP contribution in [-0.2, 0) is 4.79 Å². The highest BCUT2D eigenvalue weighted by atomic mass is 35.5. The number of benzene rings is 2. The summed E-state index contributed by atoms with van der Waals surface area (Å²) < 4.78 is 6.75. The Kier molecular flexibility index (Phi) is 4.05. The number of carbonyl (C=O) groups is 1. The number of ether oxygens (including phenoxy) is 1. The number of phenols is 1. The minimum atomic E-state index is -0.205. The SMILES string of the molecule is COc1ccc([C@@H]2CC(=O)Nc3c2cnn3-c2cccc(Cl)c2)cc1O. The molecule has 1 amide bonds. The molecule has 7 heteroatoms. The molecule has 1 aromatic heterocycles. The third-order valence-corrected chi connectivity index (χ3v) is 4.71. The smallest absolute Gasteiger partial charge is 0.226 e. The largest absolute Gasteiger partial charge is 0.504 e. The molecule has 26 heavy (non-hydrogen) atoms. The van der Waals surface area contributed by atoms with Gasteiger partial charge in [-0.05, 0) is 35.9 Å². The van der Waals surface area contributed by atoms with Crippen LogP contribution < -0.4 is 10.1 Å². The number of aromatic nitrogens is 2. The minimum Gasteiger partial charge on any atom is -0.504 e. The fraction of sp³-hybridized carbons (Fsp3) is 0.158. The monoisotopic (exact) mass is 369 g/mol. The van der Waals surface area contributed by atoms with Crippen molar-refractivity contribution in [2.24, 2.45) is 0 Å². The quantitative estimate of drug-likeness (QED) is 0.737. The number of aromatic hydroxyl groups is 1. The number of halogens is 1. The molecule has 0 spiro atoms. The summed E-state index contributed by atoms with van der Waals surface area (Å²) in [6, 6.07) is 12.4. The van der Waals surface area contributed by atoms with Crippen LogP contribution in [0.2, 0.25) is 5.02 Å². The maximum atomic E-state index is 12.3. The molecule has 0 radical (unpaired) electrons. The van der Waals surface area contributed by atoms with E-state index in [4.69, 9.17) is 16.3 Å². The molecule has 2 N–H and O–H groups in total. The first-order chi connectivity index (χ1) is 12.6. The van der Waals surface area contributed by atoms with E-state index in [9.17, 15) is 9.90 Å². The molecule has 0 saturated heterocycles. The average Bonchev–Trinajstić information content (AvgIpc) is 3.04. The summed E-state index contributed by atoms with van der Waals surface area (Å²) in [6.45, 7) is 0. The van der Waals surface area contributed by atoms with Crippen LogP contribution in [-0.4, -0.2) is 27.9 Å². The zero-order valence-corrected chi connectivity index (χ0v) is 14.7. The Morgan fingerprint density at radius 1 is 1.31 bits per heavy atom. The molecule has 3 aromatic rings. The van der Waals surface area contributed by atoms with E-state index in [1.54, 1.807) is 35.1 Å². The van der Waals surface area contributed by atoms with Crippen LogP contribution in [0, 0.1) is 0 Å². The predicted molar refractivity (Wildman–Crippen MR) is 98.3 cm³/mol. The lowest BCUT2D eigenvalue weighted by Gasteiger charge is -2.24. The second-order valence-corrected chi connectivity index (χ2v) is 6.51. The topological polar surface area (TPSA) is 76.4 Å². The fourth-order valence-corrected chi connectivity index (χ4v) is 3.43. The van der Waals surface area contributed by atoms with Crippen LogP contribution >= 0.6 is 11.6 Å². The third-order valence-electron chi connectivity index (χ3n) is 4.48. The van der Waals surface area contributed by atoms with Gasteiger partial charge in [0.15, 0.2) is 11.5 Å². The van der Waals surface area contributed by atoms with E-state index in [-0.39, 0.29) is 24.0 Å². The number of methoxy groups -OCH3 is 1. The second kappa shape index (κ2) is 6.38. The number of fused-ring (bicyclic) bond motifs is 1. The van der Waals surface area contributed by atoms with Gasteiger partial charge in [-0.3, -0.25) is 4.79 Å². The van der Waals surface area contributed by atoms with Gasteiger partial charge in [-0.2, -0.15) is 5.10 Å². The molecule has 132 valence electrons. The molecular formula is C19H16ClN3O3. The fourth-order valence-electron chi connectivity index (χ4n) is 3.24. The van der Waals surface area contributed by atoms with Crippen molar-refractivity contribution in [3.05, 3.63) is 64.8 Å². The number of hydrogen-bond acceptors (Lipinski definition) is 4. The van der Waals surface area contributed by atoms with E-state index in [2.05, 4.69) is 10.4 Å². The summed E-state index contributed by atoms with van der Waals surface area (Å²) in [5.74, 6) is 0.734. The molecule has 1 aliphatic rings. The van der Waals surface area contributed by atoms with Gasteiger partial charge < -0.3 is 15.2 Å². The van der Waals surface area contributed by atoms with Gasteiger partial charge in [0.25, 0.3) is 0 Å². The maximum absolute atomic E-state index is 12.3. The highest BCUT2D eigenvalue weighted by Gasteiger charge is 2.30. The van der Waals surface area contributed by atoms with E-state index in [1.165, 1.54) is 7.11 Å². The van der Waals surface area contributed by atoms with Gasteiger partial charge in [0.2, 0.25) is 5.91 Å². The summed E-state index contributed by atoms with van der Waals surface area (Å²) in [7, 11) is 1.50. The highest BCUT2D eigenvalue weighted by molar-refractivity contribution is 6.30. The molecular weight excluding hydrogens is 354 g/mol. The molecule has 2 heterocycles. The van der Waals surface area contributed by atoms with Crippen molar-refractivity contribution in [2.45, 2.75) is 12.3 Å². The lowest BCUT2D eigenvalue weighted by Crippen LogP contribution is -2.24. The number of nitrogens with zero attached hydrogens (tertiary/aromatic N) is 2. The van der Waals surface area contributed by atoms with Crippen molar-refractivity contribution in [3.63, 3.8) is 0 Å². The second-order valence-electron chi connectivity index (χ2n) is 6.08. The number of phenolic OH excluding ortho intramolecular Hbond substituents is 1. The molecule has 0 saturated carbocycles. The van der Waals surface area contributed by atoms with Crippen molar-refractivity contribution < 1.29 is 14.6 Å². The summed E-state index contributed by atoms with van der Waals surface area (Å²) in [4.78, 5) is 12.3. The van der Waals surface area contributed by atoms with E-state index >= 15 is 0 Å². The molecule has 0 aliphatic carbocycles. The Hall–Kier alpha value is -2.99. The number of anilines is 1. The van der Waals surface area contributed by atoms with Crippen LogP contribution in [0.25, 0.3) is 5.69 Å². The van der Waals surface area contributed by atoms with Crippen LogP contribution in [0.1, 0.15) is 23.5 Å². The Balaban J connectivity index is 1.80. The summed E-state index contributed by atoms with van der Waals surface area (Å²) >= 11 is 6.08. The van der Waals surface area contributed by atoms with Gasteiger partial charge in [0.1, 0.15) is 5.82 Å². The third kappa shape index (κ3) is 2.78. The van der Waals surface area contributed by atoms with Crippen molar-refractivity contribution in [3.8, 4) is 17.2 Å². The van der Waals surface area contributed by atoms with Gasteiger partial charge in [0, 0.05) is 22.9 Å². The van der Waals surface area contributed by atoms with Crippen molar-refractivity contribution in [1.29, 1.82) is 0 Å². The van der Waals surface area contributed by atoms with E-state index in [1.807, 2.05) is 18.2 Å². The predicted octanol–water partition coefficient (Wildman–Crippen LogP) is 3.71. The van der Waals surface area contributed by atoms with Gasteiger partial charge in [-0.25, -0.2) is 4.68 Å². The number of carbonyl (C=O) groups excluding carboxylic acids is 1. The van der Waals surface area contributed by atoms with E-state index < -0.39 is 0 Å². The Morgan fingerprint density at radius 3 is 2.88 bits per heavy atom. The van der Waals surface area contributed by atoms with Crippen LogP contribution in [0.5, 0.6) is 11.5 Å². The maximum Gasteiger partial charge on any atom is 0.226 e.